The van der Waals surface area contributed by atoms with Gasteiger partial charge in [-0.1, -0.05) is 34.1 Å². The van der Waals surface area contributed by atoms with Crippen LogP contribution in [0.1, 0.15) is 5.56 Å². The average Bonchev–Trinajstić information content (AvgIpc) is 2.96. The molecule has 0 aliphatic carbocycles. The standard InChI is InChI=1S/C14H8BrF3N4/c15-11-4-2-1-3-8(11)12-20-13(22-21-12)9-7-19-6-5-10(9)14(16,17)18/h1-7H,(H,20,21,22). The summed E-state index contributed by atoms with van der Waals surface area (Å²) < 4.78 is 39.8. The molecule has 4 nitrogen and oxygen atoms in total. The zero-order valence-electron chi connectivity index (χ0n) is 10.9. The summed E-state index contributed by atoms with van der Waals surface area (Å²) in [5.74, 6) is 0.325. The maximum atomic E-state index is 13.0. The number of rotatable bonds is 2. The first-order valence-corrected chi connectivity index (χ1v) is 6.95. The minimum Gasteiger partial charge on any atom is -0.264 e. The highest BCUT2D eigenvalue weighted by Crippen LogP contribution is 2.36. The third kappa shape index (κ3) is 2.74. The van der Waals surface area contributed by atoms with E-state index in [1.807, 2.05) is 12.1 Å². The van der Waals surface area contributed by atoms with Crippen LogP contribution in [0.2, 0.25) is 0 Å². The molecule has 0 saturated carbocycles. The van der Waals surface area contributed by atoms with Crippen molar-refractivity contribution in [2.24, 2.45) is 0 Å². The van der Waals surface area contributed by atoms with Crippen molar-refractivity contribution in [1.82, 2.24) is 20.2 Å². The summed E-state index contributed by atoms with van der Waals surface area (Å²) in [6.07, 6.45) is -2.30. The lowest BCUT2D eigenvalue weighted by molar-refractivity contribution is -0.137. The Morgan fingerprint density at radius 2 is 1.82 bits per heavy atom. The zero-order chi connectivity index (χ0) is 15.7. The number of pyridine rings is 1. The van der Waals surface area contributed by atoms with E-state index in [2.05, 4.69) is 36.1 Å². The molecule has 0 aliphatic heterocycles. The van der Waals surface area contributed by atoms with Gasteiger partial charge < -0.3 is 0 Å². The van der Waals surface area contributed by atoms with Gasteiger partial charge in [0.25, 0.3) is 0 Å². The number of H-pyrrole nitrogens is 1. The number of halogens is 4. The topological polar surface area (TPSA) is 54.5 Å². The van der Waals surface area contributed by atoms with Gasteiger partial charge in [-0.15, -0.1) is 0 Å². The van der Waals surface area contributed by atoms with E-state index in [0.717, 1.165) is 22.9 Å². The molecule has 0 amide bonds. The fourth-order valence-electron chi connectivity index (χ4n) is 1.98. The molecule has 2 heterocycles. The molecule has 1 aromatic carbocycles. The Bertz CT molecular complexity index is 814. The number of nitrogens with zero attached hydrogens (tertiary/aromatic N) is 3. The summed E-state index contributed by atoms with van der Waals surface area (Å²) in [5.41, 5.74) is -0.275. The summed E-state index contributed by atoms with van der Waals surface area (Å²) >= 11 is 3.36. The number of aromatic amines is 1. The number of hydrogen-bond donors (Lipinski definition) is 1. The Morgan fingerprint density at radius 3 is 2.55 bits per heavy atom. The van der Waals surface area contributed by atoms with Gasteiger partial charge in [-0.2, -0.15) is 18.3 Å². The number of benzene rings is 1. The number of alkyl halides is 3. The quantitative estimate of drug-likeness (QED) is 0.732. The molecule has 2 aromatic heterocycles. The molecule has 0 radical (unpaired) electrons. The molecule has 0 fully saturated rings. The van der Waals surface area contributed by atoms with Crippen LogP contribution in [-0.2, 0) is 6.18 Å². The second kappa shape index (κ2) is 5.53. The molecule has 0 unspecified atom stereocenters. The number of nitrogens with one attached hydrogen (secondary N) is 1. The van der Waals surface area contributed by atoms with E-state index in [0.29, 0.717) is 11.4 Å². The fraction of sp³-hybridized carbons (Fsp3) is 0.0714. The van der Waals surface area contributed by atoms with Crippen LogP contribution in [-0.4, -0.2) is 20.2 Å². The second-order valence-electron chi connectivity index (χ2n) is 4.41. The summed E-state index contributed by atoms with van der Waals surface area (Å²) in [4.78, 5) is 7.88. The Hall–Kier alpha value is -2.22. The van der Waals surface area contributed by atoms with Crippen molar-refractivity contribution in [3.05, 3.63) is 52.8 Å². The average molecular weight is 369 g/mol. The van der Waals surface area contributed by atoms with Crippen LogP contribution in [0.3, 0.4) is 0 Å². The Kier molecular flexibility index (Phi) is 3.69. The van der Waals surface area contributed by atoms with E-state index in [1.165, 1.54) is 0 Å². The maximum absolute atomic E-state index is 13.0. The first kappa shape index (κ1) is 14.7. The SMILES string of the molecule is FC(F)(F)c1ccncc1-c1n[nH]c(-c2ccccc2Br)n1. The smallest absolute Gasteiger partial charge is 0.264 e. The molecule has 0 atom stereocenters. The lowest BCUT2D eigenvalue weighted by atomic mass is 10.1. The zero-order valence-corrected chi connectivity index (χ0v) is 12.5. The molecular weight excluding hydrogens is 361 g/mol. The predicted octanol–water partition coefficient (Wildman–Crippen LogP) is 4.32. The third-order valence-corrected chi connectivity index (χ3v) is 3.67. The summed E-state index contributed by atoms with van der Waals surface area (Å²) in [7, 11) is 0. The van der Waals surface area contributed by atoms with Crippen LogP contribution in [0.25, 0.3) is 22.8 Å². The van der Waals surface area contributed by atoms with E-state index >= 15 is 0 Å². The van der Waals surface area contributed by atoms with Gasteiger partial charge in [0.05, 0.1) is 11.1 Å². The fourth-order valence-corrected chi connectivity index (χ4v) is 2.45. The Balaban J connectivity index is 2.08. The lowest BCUT2D eigenvalue weighted by Crippen LogP contribution is -2.07. The van der Waals surface area contributed by atoms with Gasteiger partial charge in [0.1, 0.15) is 0 Å². The molecular formula is C14H8BrF3N4. The van der Waals surface area contributed by atoms with E-state index in [4.69, 9.17) is 0 Å². The minimum absolute atomic E-state index is 0.0498. The van der Waals surface area contributed by atoms with Crippen molar-refractivity contribution in [2.45, 2.75) is 6.18 Å². The van der Waals surface area contributed by atoms with E-state index in [-0.39, 0.29) is 11.4 Å². The van der Waals surface area contributed by atoms with Gasteiger partial charge in [0, 0.05) is 22.4 Å². The van der Waals surface area contributed by atoms with Gasteiger partial charge in [0.15, 0.2) is 11.6 Å². The molecule has 0 spiro atoms. The van der Waals surface area contributed by atoms with Gasteiger partial charge in [-0.05, 0) is 12.1 Å². The van der Waals surface area contributed by atoms with Crippen LogP contribution in [0.4, 0.5) is 13.2 Å². The highest BCUT2D eigenvalue weighted by atomic mass is 79.9. The van der Waals surface area contributed by atoms with Crippen molar-refractivity contribution in [3.63, 3.8) is 0 Å². The van der Waals surface area contributed by atoms with Crippen LogP contribution < -0.4 is 0 Å². The molecule has 0 aliphatic rings. The molecule has 3 rings (SSSR count). The third-order valence-electron chi connectivity index (χ3n) is 2.98. The van der Waals surface area contributed by atoms with Crippen LogP contribution in [0.15, 0.2) is 47.2 Å². The summed E-state index contributed by atoms with van der Waals surface area (Å²) in [6.45, 7) is 0. The van der Waals surface area contributed by atoms with Gasteiger partial charge in [0.2, 0.25) is 0 Å². The molecule has 0 saturated heterocycles. The van der Waals surface area contributed by atoms with E-state index in [1.54, 1.807) is 12.1 Å². The first-order chi connectivity index (χ1) is 10.5. The van der Waals surface area contributed by atoms with Crippen molar-refractivity contribution in [2.75, 3.05) is 0 Å². The molecule has 3 aromatic rings. The lowest BCUT2D eigenvalue weighted by Gasteiger charge is -2.09. The predicted molar refractivity (Wildman–Crippen MR) is 77.8 cm³/mol. The molecule has 8 heteroatoms. The van der Waals surface area contributed by atoms with Crippen molar-refractivity contribution in [1.29, 1.82) is 0 Å². The normalized spacial score (nSPS) is 11.6. The number of aromatic nitrogens is 4. The van der Waals surface area contributed by atoms with E-state index in [9.17, 15) is 13.2 Å². The van der Waals surface area contributed by atoms with Crippen LogP contribution in [0.5, 0.6) is 0 Å². The molecule has 22 heavy (non-hydrogen) atoms. The van der Waals surface area contributed by atoms with Gasteiger partial charge in [-0.25, -0.2) is 4.98 Å². The number of hydrogen-bond acceptors (Lipinski definition) is 3. The largest absolute Gasteiger partial charge is 0.417 e. The monoisotopic (exact) mass is 368 g/mol. The van der Waals surface area contributed by atoms with Crippen molar-refractivity contribution < 1.29 is 13.2 Å². The molecule has 1 N–H and O–H groups in total. The van der Waals surface area contributed by atoms with Crippen molar-refractivity contribution in [3.8, 4) is 22.8 Å². The van der Waals surface area contributed by atoms with Gasteiger partial charge in [-0.3, -0.25) is 10.1 Å². The highest BCUT2D eigenvalue weighted by molar-refractivity contribution is 9.10. The van der Waals surface area contributed by atoms with Crippen molar-refractivity contribution >= 4 is 15.9 Å². The summed E-state index contributed by atoms with van der Waals surface area (Å²) in [6, 6.07) is 8.12. The Morgan fingerprint density at radius 1 is 1.05 bits per heavy atom. The van der Waals surface area contributed by atoms with Crippen LogP contribution in [0, 0.1) is 0 Å². The second-order valence-corrected chi connectivity index (χ2v) is 5.26. The maximum Gasteiger partial charge on any atom is 0.417 e. The van der Waals surface area contributed by atoms with Crippen LogP contribution >= 0.6 is 15.9 Å². The van der Waals surface area contributed by atoms with Gasteiger partial charge >= 0.3 is 6.18 Å². The van der Waals surface area contributed by atoms with E-state index < -0.39 is 11.7 Å². The highest BCUT2D eigenvalue weighted by Gasteiger charge is 2.34. The Labute approximate surface area is 131 Å². The minimum atomic E-state index is -4.49. The first-order valence-electron chi connectivity index (χ1n) is 6.15. The molecule has 112 valence electrons. The molecule has 0 bridgehead atoms. The summed E-state index contributed by atoms with van der Waals surface area (Å²) in [5, 5.41) is 6.53.